The number of nitrogen functional groups attached to an aromatic ring is 1. The molecule has 0 bridgehead atoms. The van der Waals surface area contributed by atoms with Crippen molar-refractivity contribution in [3.63, 3.8) is 0 Å². The van der Waals surface area contributed by atoms with Crippen LogP contribution in [-0.4, -0.2) is 15.3 Å². The summed E-state index contributed by atoms with van der Waals surface area (Å²) in [5, 5.41) is 0. The Kier molecular flexibility index (Phi) is 2.72. The Morgan fingerprint density at radius 3 is 2.69 bits per heavy atom. The number of hydrogen-bond donors (Lipinski definition) is 1. The maximum atomic E-state index is 11.4. The number of hydrogen-bond acceptors (Lipinski definition) is 3. The number of imidazole rings is 1. The number of carbonyl (C=O) groups is 1. The van der Waals surface area contributed by atoms with Crippen LogP contribution in [0.5, 0.6) is 0 Å². The maximum Gasteiger partial charge on any atom is 0.179 e. The van der Waals surface area contributed by atoms with Crippen molar-refractivity contribution >= 4 is 11.6 Å². The fraction of sp³-hybridized carbons (Fsp3) is 0.167. The minimum atomic E-state index is -0.0640. The van der Waals surface area contributed by atoms with Gasteiger partial charge in [-0.25, -0.2) is 4.98 Å². The molecule has 1 aromatic carbocycles. The lowest BCUT2D eigenvalue weighted by Gasteiger charge is -2.06. The summed E-state index contributed by atoms with van der Waals surface area (Å²) in [6, 6.07) is 9.88. The van der Waals surface area contributed by atoms with Gasteiger partial charge in [-0.15, -0.1) is 0 Å². The molecule has 0 aliphatic heterocycles. The number of aromatic nitrogens is 2. The first kappa shape index (κ1) is 10.4. The molecule has 82 valence electrons. The van der Waals surface area contributed by atoms with Crippen molar-refractivity contribution < 1.29 is 4.79 Å². The Labute approximate surface area is 93.7 Å². The summed E-state index contributed by atoms with van der Waals surface area (Å²) < 4.78 is 1.77. The van der Waals surface area contributed by atoms with Crippen molar-refractivity contribution in [1.29, 1.82) is 0 Å². The van der Waals surface area contributed by atoms with E-state index in [4.69, 9.17) is 5.73 Å². The van der Waals surface area contributed by atoms with Crippen LogP contribution in [0.15, 0.2) is 36.7 Å². The van der Waals surface area contributed by atoms with E-state index < -0.39 is 0 Å². The number of nitrogens with two attached hydrogens (primary N) is 1. The summed E-state index contributed by atoms with van der Waals surface area (Å²) >= 11 is 0. The highest BCUT2D eigenvalue weighted by atomic mass is 16.1. The van der Waals surface area contributed by atoms with Gasteiger partial charge in [0, 0.05) is 13.5 Å². The van der Waals surface area contributed by atoms with E-state index in [9.17, 15) is 4.79 Å². The van der Waals surface area contributed by atoms with Gasteiger partial charge in [-0.1, -0.05) is 30.3 Å². The quantitative estimate of drug-likeness (QED) is 0.793. The summed E-state index contributed by atoms with van der Waals surface area (Å²) in [6.45, 7) is 2.11. The van der Waals surface area contributed by atoms with E-state index in [1.165, 1.54) is 6.92 Å². The van der Waals surface area contributed by atoms with E-state index in [1.54, 1.807) is 10.9 Å². The third-order valence-corrected chi connectivity index (χ3v) is 2.40. The molecule has 2 aromatic rings. The zero-order chi connectivity index (χ0) is 11.5. The lowest BCUT2D eigenvalue weighted by Crippen LogP contribution is -2.08. The highest BCUT2D eigenvalue weighted by molar-refractivity contribution is 5.96. The fourth-order valence-corrected chi connectivity index (χ4v) is 1.68. The van der Waals surface area contributed by atoms with E-state index >= 15 is 0 Å². The van der Waals surface area contributed by atoms with Crippen LogP contribution in [0.2, 0.25) is 0 Å². The van der Waals surface area contributed by atoms with Crippen molar-refractivity contribution in [2.75, 3.05) is 5.73 Å². The van der Waals surface area contributed by atoms with E-state index in [0.717, 1.165) is 5.56 Å². The maximum absolute atomic E-state index is 11.4. The second-order valence-corrected chi connectivity index (χ2v) is 3.65. The average Bonchev–Trinajstić information content (AvgIpc) is 2.61. The minimum absolute atomic E-state index is 0.0640. The average molecular weight is 215 g/mol. The summed E-state index contributed by atoms with van der Waals surface area (Å²) in [7, 11) is 0. The van der Waals surface area contributed by atoms with Crippen LogP contribution in [-0.2, 0) is 6.54 Å². The van der Waals surface area contributed by atoms with Crippen molar-refractivity contribution in [1.82, 2.24) is 9.55 Å². The zero-order valence-corrected chi connectivity index (χ0v) is 9.05. The van der Waals surface area contributed by atoms with Crippen molar-refractivity contribution in [2.24, 2.45) is 0 Å². The first-order valence-corrected chi connectivity index (χ1v) is 5.04. The zero-order valence-electron chi connectivity index (χ0n) is 9.05. The molecule has 0 saturated carbocycles. The number of anilines is 1. The SMILES string of the molecule is CC(=O)c1c(N)ncn1Cc1ccccc1. The van der Waals surface area contributed by atoms with Gasteiger partial charge in [0.15, 0.2) is 11.6 Å². The normalized spacial score (nSPS) is 10.3. The predicted molar refractivity (Wildman–Crippen MR) is 62.2 cm³/mol. The molecular weight excluding hydrogens is 202 g/mol. The minimum Gasteiger partial charge on any atom is -0.382 e. The molecule has 0 spiro atoms. The van der Waals surface area contributed by atoms with Gasteiger partial charge in [-0.05, 0) is 5.56 Å². The van der Waals surface area contributed by atoms with Gasteiger partial charge in [-0.3, -0.25) is 4.79 Å². The van der Waals surface area contributed by atoms with Gasteiger partial charge in [0.05, 0.1) is 6.33 Å². The van der Waals surface area contributed by atoms with E-state index in [1.807, 2.05) is 30.3 Å². The van der Waals surface area contributed by atoms with Crippen LogP contribution in [0, 0.1) is 0 Å². The van der Waals surface area contributed by atoms with Crippen LogP contribution < -0.4 is 5.73 Å². The fourth-order valence-electron chi connectivity index (χ4n) is 1.68. The molecule has 0 amide bonds. The molecule has 0 aliphatic carbocycles. The first-order valence-electron chi connectivity index (χ1n) is 5.04. The van der Waals surface area contributed by atoms with Crippen LogP contribution in [0.4, 0.5) is 5.82 Å². The standard InChI is InChI=1S/C12H13N3O/c1-9(16)11-12(13)14-8-15(11)7-10-5-3-2-4-6-10/h2-6,8H,7,13H2,1H3. The third kappa shape index (κ3) is 1.95. The number of carbonyl (C=O) groups excluding carboxylic acids is 1. The Morgan fingerprint density at radius 1 is 1.38 bits per heavy atom. The monoisotopic (exact) mass is 215 g/mol. The summed E-state index contributed by atoms with van der Waals surface area (Å²) in [6.07, 6.45) is 1.60. The molecule has 1 heterocycles. The van der Waals surface area contributed by atoms with Crippen molar-refractivity contribution in [3.05, 3.63) is 47.9 Å². The first-order chi connectivity index (χ1) is 7.68. The number of benzene rings is 1. The largest absolute Gasteiger partial charge is 0.382 e. The van der Waals surface area contributed by atoms with Crippen LogP contribution in [0.25, 0.3) is 0 Å². The molecule has 0 radical (unpaired) electrons. The molecule has 16 heavy (non-hydrogen) atoms. The second kappa shape index (κ2) is 4.18. The molecule has 0 aliphatic rings. The third-order valence-electron chi connectivity index (χ3n) is 2.40. The van der Waals surface area contributed by atoms with Crippen LogP contribution in [0.3, 0.4) is 0 Å². The van der Waals surface area contributed by atoms with Gasteiger partial charge in [0.25, 0.3) is 0 Å². The number of nitrogens with zero attached hydrogens (tertiary/aromatic N) is 2. The van der Waals surface area contributed by atoms with Crippen molar-refractivity contribution in [3.8, 4) is 0 Å². The van der Waals surface area contributed by atoms with Gasteiger partial charge in [0.2, 0.25) is 0 Å². The van der Waals surface area contributed by atoms with Crippen LogP contribution >= 0.6 is 0 Å². The summed E-state index contributed by atoms with van der Waals surface area (Å²) in [5.74, 6) is 0.231. The Balaban J connectivity index is 2.32. The number of ketones is 1. The molecule has 4 heteroatoms. The predicted octanol–water partition coefficient (Wildman–Crippen LogP) is 1.72. The molecule has 4 nitrogen and oxygen atoms in total. The molecule has 2 N–H and O–H groups in total. The van der Waals surface area contributed by atoms with Gasteiger partial charge < -0.3 is 10.3 Å². The van der Waals surface area contributed by atoms with E-state index in [0.29, 0.717) is 18.1 Å². The summed E-state index contributed by atoms with van der Waals surface area (Å²) in [5.41, 5.74) is 7.23. The van der Waals surface area contributed by atoms with E-state index in [2.05, 4.69) is 4.98 Å². The molecule has 1 aromatic heterocycles. The number of rotatable bonds is 3. The molecule has 2 rings (SSSR count). The summed E-state index contributed by atoms with van der Waals surface area (Å²) in [4.78, 5) is 15.4. The van der Waals surface area contributed by atoms with Gasteiger partial charge in [-0.2, -0.15) is 0 Å². The lowest BCUT2D eigenvalue weighted by atomic mass is 10.2. The molecule has 0 fully saturated rings. The topological polar surface area (TPSA) is 60.9 Å². The van der Waals surface area contributed by atoms with Crippen LogP contribution in [0.1, 0.15) is 23.0 Å². The highest BCUT2D eigenvalue weighted by Gasteiger charge is 2.12. The van der Waals surface area contributed by atoms with Crippen molar-refractivity contribution in [2.45, 2.75) is 13.5 Å². The highest BCUT2D eigenvalue weighted by Crippen LogP contribution is 2.12. The smallest absolute Gasteiger partial charge is 0.179 e. The second-order valence-electron chi connectivity index (χ2n) is 3.65. The Hall–Kier alpha value is -2.10. The molecule has 0 unspecified atom stereocenters. The lowest BCUT2D eigenvalue weighted by molar-refractivity contribution is 0.101. The molecule has 0 atom stereocenters. The van der Waals surface area contributed by atoms with Gasteiger partial charge >= 0.3 is 0 Å². The van der Waals surface area contributed by atoms with E-state index in [-0.39, 0.29) is 5.78 Å². The molecular formula is C12H13N3O. The van der Waals surface area contributed by atoms with Gasteiger partial charge in [0.1, 0.15) is 5.69 Å². The Morgan fingerprint density at radius 2 is 2.06 bits per heavy atom. The number of Topliss-reactive ketones (excluding diaryl/α,β-unsaturated/α-hetero) is 1. The molecule has 0 saturated heterocycles. The Bertz CT molecular complexity index is 502.